The maximum atomic E-state index is 13.5. The number of alkyl halides is 3. The maximum absolute atomic E-state index is 13.5. The Morgan fingerprint density at radius 2 is 1.74 bits per heavy atom. The average molecular weight is 495 g/mol. The molecule has 7 nitrogen and oxygen atoms in total. The summed E-state index contributed by atoms with van der Waals surface area (Å²) in [5, 5.41) is 11.5. The van der Waals surface area contributed by atoms with Crippen molar-refractivity contribution in [3.63, 3.8) is 0 Å². The molecule has 0 saturated heterocycles. The molecule has 2 aromatic carbocycles. The number of carboxylic acid groups (broad SMARTS) is 1. The van der Waals surface area contributed by atoms with Crippen molar-refractivity contribution in [1.29, 1.82) is 0 Å². The van der Waals surface area contributed by atoms with Gasteiger partial charge >= 0.3 is 12.1 Å². The van der Waals surface area contributed by atoms with Crippen LogP contribution in [0.4, 0.5) is 18.9 Å². The number of nitrogens with one attached hydrogen (secondary N) is 1. The number of anilines is 1. The zero-order chi connectivity index (χ0) is 25.2. The van der Waals surface area contributed by atoms with Crippen LogP contribution in [0, 0.1) is 0 Å². The van der Waals surface area contributed by atoms with Gasteiger partial charge in [0.15, 0.2) is 0 Å². The minimum absolute atomic E-state index is 0.0295. The fraction of sp³-hybridized carbons (Fsp3) is 0.174. The van der Waals surface area contributed by atoms with E-state index < -0.39 is 35.2 Å². The molecule has 1 atom stereocenters. The third-order valence-corrected chi connectivity index (χ3v) is 5.27. The highest BCUT2D eigenvalue weighted by atomic mass is 35.5. The van der Waals surface area contributed by atoms with Crippen molar-refractivity contribution >= 4 is 29.2 Å². The molecule has 1 unspecified atom stereocenters. The van der Waals surface area contributed by atoms with Gasteiger partial charge in [0.2, 0.25) is 5.91 Å². The van der Waals surface area contributed by atoms with Gasteiger partial charge in [-0.25, -0.2) is 4.79 Å². The molecule has 3 aromatic rings. The third-order valence-electron chi connectivity index (χ3n) is 5.04. The Bertz CT molecular complexity index is 1300. The molecule has 1 heterocycles. The molecule has 1 amide bonds. The van der Waals surface area contributed by atoms with Gasteiger partial charge in [0.1, 0.15) is 11.8 Å². The Morgan fingerprint density at radius 3 is 2.29 bits per heavy atom. The number of halogens is 4. The second-order valence-corrected chi connectivity index (χ2v) is 7.67. The monoisotopic (exact) mass is 494 g/mol. The number of carboxylic acids is 1. The van der Waals surface area contributed by atoms with E-state index in [1.54, 1.807) is 0 Å². The highest BCUT2D eigenvalue weighted by Crippen LogP contribution is 2.41. The van der Waals surface area contributed by atoms with Crippen LogP contribution in [0.5, 0.6) is 5.75 Å². The first-order valence-corrected chi connectivity index (χ1v) is 10.1. The lowest BCUT2D eigenvalue weighted by atomic mass is 9.99. The molecule has 178 valence electrons. The number of pyridine rings is 1. The van der Waals surface area contributed by atoms with Crippen molar-refractivity contribution in [2.75, 3.05) is 12.4 Å². The number of methoxy groups -OCH3 is 1. The second kappa shape index (κ2) is 9.60. The van der Waals surface area contributed by atoms with E-state index >= 15 is 0 Å². The maximum Gasteiger partial charge on any atom is 0.417 e. The summed E-state index contributed by atoms with van der Waals surface area (Å²) in [5.41, 5.74) is -1.88. The summed E-state index contributed by atoms with van der Waals surface area (Å²) in [6.45, 7) is 1.42. The van der Waals surface area contributed by atoms with Crippen molar-refractivity contribution in [2.45, 2.75) is 19.1 Å². The Morgan fingerprint density at radius 1 is 1.09 bits per heavy atom. The van der Waals surface area contributed by atoms with Gasteiger partial charge in [-0.3, -0.25) is 14.2 Å². The summed E-state index contributed by atoms with van der Waals surface area (Å²) in [4.78, 5) is 36.4. The largest absolute Gasteiger partial charge is 0.495 e. The number of nitrogens with zero attached hydrogens (tertiary/aromatic N) is 1. The van der Waals surface area contributed by atoms with Crippen LogP contribution in [0.15, 0.2) is 59.5 Å². The van der Waals surface area contributed by atoms with Crippen LogP contribution in [-0.4, -0.2) is 28.7 Å². The highest BCUT2D eigenvalue weighted by molar-refractivity contribution is 6.30. The number of aromatic nitrogens is 1. The lowest BCUT2D eigenvalue weighted by Gasteiger charge is -2.19. The third kappa shape index (κ3) is 5.23. The molecule has 0 fully saturated rings. The summed E-state index contributed by atoms with van der Waals surface area (Å²) in [7, 11) is 1.22. The van der Waals surface area contributed by atoms with Gasteiger partial charge in [-0.15, -0.1) is 0 Å². The van der Waals surface area contributed by atoms with Gasteiger partial charge in [0.25, 0.3) is 5.56 Å². The lowest BCUT2D eigenvalue weighted by molar-refractivity contribution is -0.137. The fourth-order valence-corrected chi connectivity index (χ4v) is 3.43. The minimum Gasteiger partial charge on any atom is -0.495 e. The minimum atomic E-state index is -4.71. The van der Waals surface area contributed by atoms with Gasteiger partial charge < -0.3 is 15.2 Å². The standard InChI is InChI=1S/C23H18ClF3N2O5/c1-12(21(31)28-15-6-3-13(4-7-15)22(32)33)29-11-19(34-2)17(10-20(29)30)16-9-14(24)5-8-18(16)23(25,26)27/h3-12H,1-2H3,(H,28,31)(H,32,33). The van der Waals surface area contributed by atoms with E-state index in [-0.39, 0.29) is 27.5 Å². The molecule has 2 N–H and O–H groups in total. The number of carbonyl (C=O) groups is 2. The fourth-order valence-electron chi connectivity index (χ4n) is 3.26. The Hall–Kier alpha value is -3.79. The van der Waals surface area contributed by atoms with Gasteiger partial charge in [-0.1, -0.05) is 11.6 Å². The van der Waals surface area contributed by atoms with E-state index in [0.717, 1.165) is 35.0 Å². The predicted octanol–water partition coefficient (Wildman–Crippen LogP) is 5.09. The molecule has 0 saturated carbocycles. The normalized spacial score (nSPS) is 12.2. The molecular formula is C23H18ClF3N2O5. The lowest BCUT2D eigenvalue weighted by Crippen LogP contribution is -2.31. The molecule has 3 rings (SSSR count). The Kier molecular flexibility index (Phi) is 7.01. The number of amides is 1. The van der Waals surface area contributed by atoms with Crippen molar-refractivity contribution in [2.24, 2.45) is 0 Å². The molecule has 1 aromatic heterocycles. The molecule has 0 aliphatic heterocycles. The first-order chi connectivity index (χ1) is 15.9. The number of hydrogen-bond acceptors (Lipinski definition) is 4. The van der Waals surface area contributed by atoms with E-state index in [0.29, 0.717) is 5.69 Å². The summed E-state index contributed by atoms with van der Waals surface area (Å²) in [6.07, 6.45) is -3.56. The summed E-state index contributed by atoms with van der Waals surface area (Å²) < 4.78 is 46.9. The van der Waals surface area contributed by atoms with E-state index in [2.05, 4.69) is 5.32 Å². The van der Waals surface area contributed by atoms with Gasteiger partial charge in [0.05, 0.1) is 24.4 Å². The van der Waals surface area contributed by atoms with Crippen LogP contribution in [0.1, 0.15) is 28.9 Å². The number of benzene rings is 2. The molecule has 34 heavy (non-hydrogen) atoms. The van der Waals surface area contributed by atoms with Gasteiger partial charge in [-0.05, 0) is 55.0 Å². The van der Waals surface area contributed by atoms with E-state index in [1.165, 1.54) is 38.3 Å². The highest BCUT2D eigenvalue weighted by Gasteiger charge is 2.34. The van der Waals surface area contributed by atoms with Crippen LogP contribution < -0.4 is 15.6 Å². The van der Waals surface area contributed by atoms with Crippen molar-refractivity contribution in [3.8, 4) is 16.9 Å². The molecule has 0 spiro atoms. The quantitative estimate of drug-likeness (QED) is 0.497. The number of carbonyl (C=O) groups excluding carboxylic acids is 1. The number of ether oxygens (including phenoxy) is 1. The predicted molar refractivity (Wildman–Crippen MR) is 119 cm³/mol. The van der Waals surface area contributed by atoms with E-state index in [9.17, 15) is 27.6 Å². The Labute approximate surface area is 196 Å². The topological polar surface area (TPSA) is 97.6 Å². The Balaban J connectivity index is 1.98. The average Bonchev–Trinajstić information content (AvgIpc) is 2.77. The SMILES string of the molecule is COc1cn(C(C)C(=O)Nc2ccc(C(=O)O)cc2)c(=O)cc1-c1cc(Cl)ccc1C(F)(F)F. The van der Waals surface area contributed by atoms with Crippen LogP contribution >= 0.6 is 11.6 Å². The first kappa shape index (κ1) is 24.8. The van der Waals surface area contributed by atoms with Crippen molar-refractivity contribution in [3.05, 3.63) is 81.2 Å². The van der Waals surface area contributed by atoms with Crippen LogP contribution in [0.3, 0.4) is 0 Å². The van der Waals surface area contributed by atoms with Gasteiger partial charge in [-0.2, -0.15) is 13.2 Å². The molecule has 0 aliphatic carbocycles. The number of aromatic carboxylic acids is 1. The second-order valence-electron chi connectivity index (χ2n) is 7.24. The van der Waals surface area contributed by atoms with Crippen molar-refractivity contribution < 1.29 is 32.6 Å². The van der Waals surface area contributed by atoms with E-state index in [4.69, 9.17) is 21.4 Å². The van der Waals surface area contributed by atoms with Crippen molar-refractivity contribution in [1.82, 2.24) is 4.57 Å². The summed E-state index contributed by atoms with van der Waals surface area (Å²) in [6, 6.07) is 8.25. The summed E-state index contributed by atoms with van der Waals surface area (Å²) >= 11 is 5.90. The summed E-state index contributed by atoms with van der Waals surface area (Å²) in [5.74, 6) is -1.81. The zero-order valence-corrected chi connectivity index (χ0v) is 18.6. The molecule has 0 aliphatic rings. The number of hydrogen-bond donors (Lipinski definition) is 2. The first-order valence-electron chi connectivity index (χ1n) is 9.74. The smallest absolute Gasteiger partial charge is 0.417 e. The van der Waals surface area contributed by atoms with E-state index in [1.807, 2.05) is 0 Å². The molecule has 11 heteroatoms. The molecule has 0 radical (unpaired) electrons. The zero-order valence-electron chi connectivity index (χ0n) is 17.8. The molecular weight excluding hydrogens is 477 g/mol. The number of rotatable bonds is 6. The van der Waals surface area contributed by atoms with Gasteiger partial charge in [0, 0.05) is 22.3 Å². The molecule has 0 bridgehead atoms. The van der Waals surface area contributed by atoms with Crippen LogP contribution in [0.2, 0.25) is 5.02 Å². The van der Waals surface area contributed by atoms with Crippen LogP contribution in [-0.2, 0) is 11.0 Å². The van der Waals surface area contributed by atoms with Crippen LogP contribution in [0.25, 0.3) is 11.1 Å².